The van der Waals surface area contributed by atoms with Gasteiger partial charge in [-0.1, -0.05) is 25.1 Å². The largest absolute Gasteiger partial charge is 0.309 e. The van der Waals surface area contributed by atoms with E-state index in [0.29, 0.717) is 0 Å². The first kappa shape index (κ1) is 13.7. The Morgan fingerprint density at radius 1 is 1.00 bits per heavy atom. The number of hydrogen-bond donors (Lipinski definition) is 1. The highest BCUT2D eigenvalue weighted by atomic mass is 14.9. The smallest absolute Gasteiger partial charge is 0.0584 e. The molecule has 3 rings (SSSR count). The van der Waals surface area contributed by atoms with Gasteiger partial charge in [0, 0.05) is 30.2 Å². The van der Waals surface area contributed by atoms with E-state index in [9.17, 15) is 0 Å². The molecule has 3 heteroatoms. The molecule has 0 fully saturated rings. The molecule has 0 saturated heterocycles. The molecule has 0 spiro atoms. The minimum Gasteiger partial charge on any atom is -0.309 e. The molecule has 1 atom stereocenters. The van der Waals surface area contributed by atoms with Crippen molar-refractivity contribution in [3.05, 3.63) is 71.8 Å². The third kappa shape index (κ3) is 2.52. The van der Waals surface area contributed by atoms with Crippen molar-refractivity contribution in [2.24, 2.45) is 0 Å². The lowest BCUT2D eigenvalue weighted by atomic mass is 9.92. The monoisotopic (exact) mass is 277 g/mol. The van der Waals surface area contributed by atoms with Crippen molar-refractivity contribution < 1.29 is 0 Å². The first-order valence-electron chi connectivity index (χ1n) is 7.27. The van der Waals surface area contributed by atoms with Gasteiger partial charge in [0.2, 0.25) is 0 Å². The molecule has 3 aromatic rings. The standard InChI is InChI=1S/C18H19N3/c1-3-13-11-20-10-8-16(13)18(19-2)17-6-4-5-14-12-21-9-7-15(14)17/h4-12,18-19H,3H2,1-2H3. The molecular weight excluding hydrogens is 258 g/mol. The van der Waals surface area contributed by atoms with E-state index in [2.05, 4.69) is 52.5 Å². The van der Waals surface area contributed by atoms with Gasteiger partial charge in [-0.25, -0.2) is 0 Å². The molecule has 2 heterocycles. The van der Waals surface area contributed by atoms with Gasteiger partial charge in [-0.15, -0.1) is 0 Å². The molecule has 1 N–H and O–H groups in total. The highest BCUT2D eigenvalue weighted by molar-refractivity contribution is 5.85. The molecule has 0 radical (unpaired) electrons. The van der Waals surface area contributed by atoms with Gasteiger partial charge in [0.25, 0.3) is 0 Å². The molecule has 0 saturated carbocycles. The maximum atomic E-state index is 4.25. The topological polar surface area (TPSA) is 37.8 Å². The van der Waals surface area contributed by atoms with Crippen molar-refractivity contribution in [3.8, 4) is 0 Å². The summed E-state index contributed by atoms with van der Waals surface area (Å²) >= 11 is 0. The van der Waals surface area contributed by atoms with Gasteiger partial charge in [-0.2, -0.15) is 0 Å². The lowest BCUT2D eigenvalue weighted by Crippen LogP contribution is -2.19. The first-order valence-corrected chi connectivity index (χ1v) is 7.27. The SMILES string of the molecule is CCc1cnccc1C(NC)c1cccc2cnccc12. The second-order valence-corrected chi connectivity index (χ2v) is 5.09. The third-order valence-corrected chi connectivity index (χ3v) is 3.95. The van der Waals surface area contributed by atoms with Gasteiger partial charge in [0.05, 0.1) is 6.04 Å². The Kier molecular flexibility index (Phi) is 3.93. The van der Waals surface area contributed by atoms with Crippen LogP contribution >= 0.6 is 0 Å². The summed E-state index contributed by atoms with van der Waals surface area (Å²) in [4.78, 5) is 8.47. The van der Waals surface area contributed by atoms with Crippen LogP contribution in [0.1, 0.15) is 29.7 Å². The molecule has 0 aliphatic rings. The van der Waals surface area contributed by atoms with Crippen LogP contribution in [0, 0.1) is 0 Å². The number of nitrogens with zero attached hydrogens (tertiary/aromatic N) is 2. The molecule has 106 valence electrons. The zero-order valence-electron chi connectivity index (χ0n) is 12.4. The van der Waals surface area contributed by atoms with Crippen molar-refractivity contribution in [2.45, 2.75) is 19.4 Å². The fraction of sp³-hybridized carbons (Fsp3) is 0.222. The minimum atomic E-state index is 0.161. The van der Waals surface area contributed by atoms with Gasteiger partial charge >= 0.3 is 0 Å². The maximum absolute atomic E-state index is 4.25. The van der Waals surface area contributed by atoms with Gasteiger partial charge in [-0.05, 0) is 47.7 Å². The predicted molar refractivity (Wildman–Crippen MR) is 86.3 cm³/mol. The number of rotatable bonds is 4. The van der Waals surface area contributed by atoms with Crippen LogP contribution in [0.5, 0.6) is 0 Å². The summed E-state index contributed by atoms with van der Waals surface area (Å²) in [6.07, 6.45) is 8.58. The zero-order valence-corrected chi connectivity index (χ0v) is 12.4. The first-order chi connectivity index (χ1) is 10.3. The van der Waals surface area contributed by atoms with Gasteiger partial charge in [0.1, 0.15) is 0 Å². The van der Waals surface area contributed by atoms with Crippen LogP contribution in [0.4, 0.5) is 0 Å². The van der Waals surface area contributed by atoms with E-state index in [0.717, 1.165) is 6.42 Å². The van der Waals surface area contributed by atoms with Gasteiger partial charge in [0.15, 0.2) is 0 Å². The number of aromatic nitrogens is 2. The molecule has 2 aromatic heterocycles. The van der Waals surface area contributed by atoms with Crippen LogP contribution in [0.15, 0.2) is 55.1 Å². The Hall–Kier alpha value is -2.26. The van der Waals surface area contributed by atoms with Crippen LogP contribution in [0.25, 0.3) is 10.8 Å². The Labute approximate surface area is 125 Å². The number of benzene rings is 1. The van der Waals surface area contributed by atoms with Crippen LogP contribution in [0.3, 0.4) is 0 Å². The Morgan fingerprint density at radius 3 is 2.62 bits per heavy atom. The number of hydrogen-bond acceptors (Lipinski definition) is 3. The van der Waals surface area contributed by atoms with Crippen molar-refractivity contribution in [3.63, 3.8) is 0 Å². The minimum absolute atomic E-state index is 0.161. The Balaban J connectivity index is 2.19. The molecule has 1 unspecified atom stereocenters. The fourth-order valence-corrected chi connectivity index (χ4v) is 2.89. The third-order valence-electron chi connectivity index (χ3n) is 3.95. The molecule has 21 heavy (non-hydrogen) atoms. The van der Waals surface area contributed by atoms with E-state index in [1.165, 1.54) is 27.5 Å². The fourth-order valence-electron chi connectivity index (χ4n) is 2.89. The predicted octanol–water partition coefficient (Wildman–Crippen LogP) is 3.50. The summed E-state index contributed by atoms with van der Waals surface area (Å²) in [5.74, 6) is 0. The maximum Gasteiger partial charge on any atom is 0.0584 e. The normalized spacial score (nSPS) is 12.5. The van der Waals surface area contributed by atoms with Crippen LogP contribution in [-0.4, -0.2) is 17.0 Å². The average Bonchev–Trinajstić information content (AvgIpc) is 2.56. The molecule has 0 aliphatic heterocycles. The zero-order chi connectivity index (χ0) is 14.7. The molecule has 3 nitrogen and oxygen atoms in total. The number of nitrogens with one attached hydrogen (secondary N) is 1. The van der Waals surface area contributed by atoms with E-state index >= 15 is 0 Å². The van der Waals surface area contributed by atoms with Gasteiger partial charge in [-0.3, -0.25) is 9.97 Å². The highest BCUT2D eigenvalue weighted by Gasteiger charge is 2.17. The average molecular weight is 277 g/mol. The summed E-state index contributed by atoms with van der Waals surface area (Å²) in [5, 5.41) is 5.86. The summed E-state index contributed by atoms with van der Waals surface area (Å²) in [7, 11) is 2.00. The van der Waals surface area contributed by atoms with E-state index in [1.807, 2.05) is 31.8 Å². The van der Waals surface area contributed by atoms with Crippen LogP contribution in [0.2, 0.25) is 0 Å². The van der Waals surface area contributed by atoms with E-state index in [-0.39, 0.29) is 6.04 Å². The Bertz CT molecular complexity index is 747. The molecular formula is C18H19N3. The van der Waals surface area contributed by atoms with E-state index in [4.69, 9.17) is 0 Å². The summed E-state index contributed by atoms with van der Waals surface area (Å²) in [6, 6.07) is 10.7. The van der Waals surface area contributed by atoms with Gasteiger partial charge < -0.3 is 5.32 Å². The van der Waals surface area contributed by atoms with E-state index < -0.39 is 0 Å². The number of fused-ring (bicyclic) bond motifs is 1. The second-order valence-electron chi connectivity index (χ2n) is 5.09. The quantitative estimate of drug-likeness (QED) is 0.793. The van der Waals surface area contributed by atoms with Crippen molar-refractivity contribution in [2.75, 3.05) is 7.05 Å². The lowest BCUT2D eigenvalue weighted by Gasteiger charge is -2.21. The van der Waals surface area contributed by atoms with Crippen molar-refractivity contribution in [1.29, 1.82) is 0 Å². The van der Waals surface area contributed by atoms with E-state index in [1.54, 1.807) is 0 Å². The van der Waals surface area contributed by atoms with Crippen LogP contribution < -0.4 is 5.32 Å². The van der Waals surface area contributed by atoms with Crippen molar-refractivity contribution in [1.82, 2.24) is 15.3 Å². The van der Waals surface area contributed by atoms with Crippen LogP contribution in [-0.2, 0) is 6.42 Å². The molecule has 1 aromatic carbocycles. The molecule has 0 bridgehead atoms. The second kappa shape index (κ2) is 6.02. The lowest BCUT2D eigenvalue weighted by molar-refractivity contribution is 0.687. The highest BCUT2D eigenvalue weighted by Crippen LogP contribution is 2.30. The number of pyridine rings is 2. The van der Waals surface area contributed by atoms with Crippen molar-refractivity contribution >= 4 is 10.8 Å². The summed E-state index contributed by atoms with van der Waals surface area (Å²) in [6.45, 7) is 2.17. The molecule has 0 aliphatic carbocycles. The summed E-state index contributed by atoms with van der Waals surface area (Å²) in [5.41, 5.74) is 3.85. The molecule has 0 amide bonds. The Morgan fingerprint density at radius 2 is 1.81 bits per heavy atom. The summed E-state index contributed by atoms with van der Waals surface area (Å²) < 4.78 is 0. The number of aryl methyl sites for hydroxylation is 1.